The van der Waals surface area contributed by atoms with E-state index in [1.54, 1.807) is 26.0 Å². The van der Waals surface area contributed by atoms with Crippen molar-refractivity contribution in [3.63, 3.8) is 0 Å². The van der Waals surface area contributed by atoms with E-state index in [-0.39, 0.29) is 6.10 Å². The van der Waals surface area contributed by atoms with E-state index in [2.05, 4.69) is 31.7 Å². The van der Waals surface area contributed by atoms with Crippen LogP contribution in [0, 0.1) is 0 Å². The highest BCUT2D eigenvalue weighted by atomic mass is 32.2. The first-order valence-corrected chi connectivity index (χ1v) is 12.1. The molecule has 8 nitrogen and oxygen atoms in total. The van der Waals surface area contributed by atoms with Gasteiger partial charge < -0.3 is 18.8 Å². The van der Waals surface area contributed by atoms with Gasteiger partial charge in [0.05, 0.1) is 39.1 Å². The lowest BCUT2D eigenvalue weighted by Crippen LogP contribution is -2.23. The van der Waals surface area contributed by atoms with Gasteiger partial charge in [-0.3, -0.25) is 9.88 Å². The van der Waals surface area contributed by atoms with Gasteiger partial charge in [-0.1, -0.05) is 17.8 Å². The third kappa shape index (κ3) is 6.46. The van der Waals surface area contributed by atoms with E-state index >= 15 is 0 Å². The minimum atomic E-state index is 0.210. The molecule has 33 heavy (non-hydrogen) atoms. The molecule has 9 heteroatoms. The lowest BCUT2D eigenvalue weighted by atomic mass is 10.2. The molecule has 1 aliphatic heterocycles. The molecule has 3 heterocycles. The summed E-state index contributed by atoms with van der Waals surface area (Å²) in [6, 6.07) is 11.9. The topological polar surface area (TPSA) is 74.5 Å². The molecule has 3 aromatic rings. The second kappa shape index (κ2) is 11.5. The predicted molar refractivity (Wildman–Crippen MR) is 128 cm³/mol. The summed E-state index contributed by atoms with van der Waals surface area (Å²) in [6.45, 7) is 3.00. The number of hydrogen-bond acceptors (Lipinski definition) is 8. The number of pyridine rings is 1. The number of benzene rings is 1. The summed E-state index contributed by atoms with van der Waals surface area (Å²) in [6.07, 6.45) is 4.21. The van der Waals surface area contributed by atoms with Gasteiger partial charge in [-0.25, -0.2) is 0 Å². The van der Waals surface area contributed by atoms with E-state index in [4.69, 9.17) is 14.2 Å². The van der Waals surface area contributed by atoms with Crippen LogP contribution in [-0.2, 0) is 30.1 Å². The van der Waals surface area contributed by atoms with Crippen LogP contribution < -0.4 is 9.47 Å². The van der Waals surface area contributed by atoms with E-state index in [1.165, 1.54) is 0 Å². The monoisotopic (exact) mass is 469 g/mol. The van der Waals surface area contributed by atoms with Crippen LogP contribution in [0.2, 0.25) is 0 Å². The molecule has 0 spiro atoms. The van der Waals surface area contributed by atoms with Gasteiger partial charge in [0.25, 0.3) is 0 Å². The van der Waals surface area contributed by atoms with Crippen LogP contribution in [0.5, 0.6) is 11.5 Å². The highest BCUT2D eigenvalue weighted by Crippen LogP contribution is 2.26. The predicted octanol–water partition coefficient (Wildman–Crippen LogP) is 3.79. The van der Waals surface area contributed by atoms with Crippen molar-refractivity contribution in [2.24, 2.45) is 0 Å². The number of aromatic nitrogens is 4. The standard InChI is InChI=1S/C24H31N5O3S/c1-28(14-18-11-21(30-2)13-22(12-18)31-3)16-23-26-27-24(29(23)15-20-8-6-10-32-20)33-17-19-7-4-5-9-25-19/h4-5,7,9,11-13,20H,6,8,10,14-17H2,1-3H3/t20-/m1/s1. The molecule has 1 saturated heterocycles. The van der Waals surface area contributed by atoms with Crippen LogP contribution in [0.15, 0.2) is 47.8 Å². The summed E-state index contributed by atoms with van der Waals surface area (Å²) in [4.78, 5) is 6.64. The lowest BCUT2D eigenvalue weighted by Gasteiger charge is -2.19. The summed E-state index contributed by atoms with van der Waals surface area (Å²) >= 11 is 1.66. The molecular formula is C24H31N5O3S. The van der Waals surface area contributed by atoms with Gasteiger partial charge in [-0.15, -0.1) is 10.2 Å². The first kappa shape index (κ1) is 23.5. The van der Waals surface area contributed by atoms with Crippen molar-refractivity contribution in [1.82, 2.24) is 24.6 Å². The van der Waals surface area contributed by atoms with E-state index in [9.17, 15) is 0 Å². The minimum Gasteiger partial charge on any atom is -0.497 e. The van der Waals surface area contributed by atoms with Crippen LogP contribution in [0.25, 0.3) is 0 Å². The number of methoxy groups -OCH3 is 2. The molecule has 0 aliphatic carbocycles. The van der Waals surface area contributed by atoms with Gasteiger partial charge in [-0.05, 0) is 49.7 Å². The average Bonchev–Trinajstić information content (AvgIpc) is 3.48. The lowest BCUT2D eigenvalue weighted by molar-refractivity contribution is 0.0934. The average molecular weight is 470 g/mol. The molecule has 0 N–H and O–H groups in total. The quantitative estimate of drug-likeness (QED) is 0.393. The fraction of sp³-hybridized carbons (Fsp3) is 0.458. The zero-order valence-corrected chi connectivity index (χ0v) is 20.3. The Balaban J connectivity index is 1.48. The maximum atomic E-state index is 5.91. The summed E-state index contributed by atoms with van der Waals surface area (Å²) in [5.74, 6) is 3.26. The number of ether oxygens (including phenoxy) is 3. The Bertz CT molecular complexity index is 1000. The second-order valence-electron chi connectivity index (χ2n) is 8.15. The van der Waals surface area contributed by atoms with Crippen molar-refractivity contribution in [3.8, 4) is 11.5 Å². The van der Waals surface area contributed by atoms with Crippen LogP contribution in [-0.4, -0.2) is 58.6 Å². The number of thioether (sulfide) groups is 1. The Morgan fingerprint density at radius 3 is 2.61 bits per heavy atom. The van der Waals surface area contributed by atoms with Gasteiger partial charge >= 0.3 is 0 Å². The zero-order valence-electron chi connectivity index (χ0n) is 19.4. The maximum Gasteiger partial charge on any atom is 0.191 e. The largest absolute Gasteiger partial charge is 0.497 e. The van der Waals surface area contributed by atoms with Crippen molar-refractivity contribution in [2.45, 2.75) is 49.5 Å². The number of rotatable bonds is 11. The Hall–Kier alpha value is -2.62. The van der Waals surface area contributed by atoms with Gasteiger partial charge in [-0.2, -0.15) is 0 Å². The molecule has 0 unspecified atom stereocenters. The Kier molecular flexibility index (Phi) is 8.20. The third-order valence-electron chi connectivity index (χ3n) is 5.55. The Morgan fingerprint density at radius 1 is 1.12 bits per heavy atom. The third-order valence-corrected chi connectivity index (χ3v) is 6.55. The van der Waals surface area contributed by atoms with Crippen molar-refractivity contribution in [3.05, 3.63) is 59.7 Å². The fourth-order valence-corrected chi connectivity index (χ4v) is 4.79. The van der Waals surface area contributed by atoms with Gasteiger partial charge in [0.15, 0.2) is 5.16 Å². The van der Waals surface area contributed by atoms with Gasteiger partial charge in [0.1, 0.15) is 17.3 Å². The summed E-state index contributed by atoms with van der Waals surface area (Å²) in [5, 5.41) is 9.96. The summed E-state index contributed by atoms with van der Waals surface area (Å²) in [7, 11) is 5.41. The molecule has 1 atom stereocenters. The van der Waals surface area contributed by atoms with Crippen LogP contribution >= 0.6 is 11.8 Å². The normalized spacial score (nSPS) is 15.8. The first-order chi connectivity index (χ1) is 16.1. The molecule has 0 radical (unpaired) electrons. The highest BCUT2D eigenvalue weighted by molar-refractivity contribution is 7.98. The fourth-order valence-electron chi connectivity index (χ4n) is 3.91. The SMILES string of the molecule is COc1cc(CN(C)Cc2nnc(SCc3ccccn3)n2C[C@H]2CCCO2)cc(OC)c1. The molecule has 1 aromatic carbocycles. The molecule has 176 valence electrons. The second-order valence-corrected chi connectivity index (χ2v) is 9.09. The minimum absolute atomic E-state index is 0.210. The zero-order chi connectivity index (χ0) is 23.0. The summed E-state index contributed by atoms with van der Waals surface area (Å²) in [5.41, 5.74) is 2.14. The molecule has 0 bridgehead atoms. The number of nitrogens with zero attached hydrogens (tertiary/aromatic N) is 5. The molecule has 0 saturated carbocycles. The maximum absolute atomic E-state index is 5.91. The first-order valence-electron chi connectivity index (χ1n) is 11.1. The van der Waals surface area contributed by atoms with Crippen molar-refractivity contribution >= 4 is 11.8 Å². The summed E-state index contributed by atoms with van der Waals surface area (Å²) < 4.78 is 18.9. The van der Waals surface area contributed by atoms with E-state index in [0.29, 0.717) is 6.54 Å². The Morgan fingerprint density at radius 2 is 1.94 bits per heavy atom. The van der Waals surface area contributed by atoms with Crippen LogP contribution in [0.4, 0.5) is 0 Å². The molecular weight excluding hydrogens is 438 g/mol. The van der Waals surface area contributed by atoms with Gasteiger partial charge in [0.2, 0.25) is 0 Å². The Labute approximate surface area is 199 Å². The van der Waals surface area contributed by atoms with E-state index in [0.717, 1.165) is 72.0 Å². The van der Waals surface area contributed by atoms with Gasteiger partial charge in [0, 0.05) is 31.2 Å². The van der Waals surface area contributed by atoms with E-state index < -0.39 is 0 Å². The van der Waals surface area contributed by atoms with Crippen molar-refractivity contribution < 1.29 is 14.2 Å². The highest BCUT2D eigenvalue weighted by Gasteiger charge is 2.22. The smallest absolute Gasteiger partial charge is 0.191 e. The van der Waals surface area contributed by atoms with Crippen LogP contribution in [0.3, 0.4) is 0 Å². The number of hydrogen-bond donors (Lipinski definition) is 0. The molecule has 0 amide bonds. The van der Waals surface area contributed by atoms with E-state index in [1.807, 2.05) is 42.6 Å². The molecule has 4 rings (SSSR count). The van der Waals surface area contributed by atoms with Crippen LogP contribution in [0.1, 0.15) is 29.9 Å². The van der Waals surface area contributed by atoms with Crippen molar-refractivity contribution in [1.29, 1.82) is 0 Å². The molecule has 1 fully saturated rings. The van der Waals surface area contributed by atoms with Crippen molar-refractivity contribution in [2.75, 3.05) is 27.9 Å². The molecule has 1 aliphatic rings. The molecule has 2 aromatic heterocycles.